The van der Waals surface area contributed by atoms with Gasteiger partial charge in [-0.2, -0.15) is 0 Å². The molecule has 0 bridgehead atoms. The number of nitrogens with one attached hydrogen (secondary N) is 2. The summed E-state index contributed by atoms with van der Waals surface area (Å²) in [7, 11) is 0. The first-order valence-electron chi connectivity index (χ1n) is 10.8. The Balaban J connectivity index is 1.56. The number of likely N-dealkylation sites (tertiary alicyclic amines) is 1. The van der Waals surface area contributed by atoms with Crippen LogP contribution < -0.4 is 5.32 Å². The van der Waals surface area contributed by atoms with Crippen LogP contribution in [0, 0.1) is 11.8 Å². The van der Waals surface area contributed by atoms with E-state index in [9.17, 15) is 4.79 Å². The Labute approximate surface area is 158 Å². The first-order chi connectivity index (χ1) is 12.7. The van der Waals surface area contributed by atoms with Crippen LogP contribution in [0.4, 0.5) is 0 Å². The first kappa shape index (κ1) is 19.4. The molecule has 1 aromatic heterocycles. The molecule has 2 N–H and O–H groups in total. The Bertz CT molecular complexity index is 526. The molecular formula is C21H36N4O. The number of hydrogen-bond acceptors (Lipinski definition) is 3. The van der Waals surface area contributed by atoms with E-state index in [1.807, 2.05) is 12.4 Å². The van der Waals surface area contributed by atoms with Crippen molar-refractivity contribution in [2.75, 3.05) is 13.1 Å². The molecule has 2 heterocycles. The van der Waals surface area contributed by atoms with Gasteiger partial charge in [0.05, 0.1) is 6.04 Å². The van der Waals surface area contributed by atoms with Crippen molar-refractivity contribution in [1.82, 2.24) is 20.2 Å². The summed E-state index contributed by atoms with van der Waals surface area (Å²) < 4.78 is 0. The van der Waals surface area contributed by atoms with E-state index >= 15 is 0 Å². The van der Waals surface area contributed by atoms with Crippen molar-refractivity contribution >= 4 is 5.91 Å². The summed E-state index contributed by atoms with van der Waals surface area (Å²) in [5.74, 6) is 2.34. The number of nitrogens with zero attached hydrogens (tertiary/aromatic N) is 2. The summed E-state index contributed by atoms with van der Waals surface area (Å²) in [6.45, 7) is 6.03. The Kier molecular flexibility index (Phi) is 7.12. The Morgan fingerprint density at radius 2 is 1.88 bits per heavy atom. The highest BCUT2D eigenvalue weighted by atomic mass is 16.2. The maximum atomic E-state index is 12.6. The zero-order chi connectivity index (χ0) is 18.4. The first-order valence-corrected chi connectivity index (χ1v) is 10.8. The molecule has 26 heavy (non-hydrogen) atoms. The second-order valence-corrected chi connectivity index (χ2v) is 8.13. The topological polar surface area (TPSA) is 61.0 Å². The number of rotatable bonds is 7. The number of hydrogen-bond donors (Lipinski definition) is 2. The van der Waals surface area contributed by atoms with E-state index in [0.717, 1.165) is 44.6 Å². The van der Waals surface area contributed by atoms with E-state index < -0.39 is 0 Å². The molecule has 1 unspecified atom stereocenters. The van der Waals surface area contributed by atoms with Crippen LogP contribution in [0.5, 0.6) is 0 Å². The van der Waals surface area contributed by atoms with Crippen molar-refractivity contribution in [2.24, 2.45) is 11.8 Å². The predicted molar refractivity (Wildman–Crippen MR) is 105 cm³/mol. The average molecular weight is 361 g/mol. The molecule has 5 nitrogen and oxygen atoms in total. The van der Waals surface area contributed by atoms with Gasteiger partial charge in [-0.3, -0.25) is 4.79 Å². The second-order valence-electron chi connectivity index (χ2n) is 8.13. The summed E-state index contributed by atoms with van der Waals surface area (Å²) >= 11 is 0. The molecule has 1 saturated carbocycles. The number of piperidine rings is 1. The molecule has 1 aliphatic carbocycles. The Hall–Kier alpha value is -1.36. The molecule has 5 heteroatoms. The average Bonchev–Trinajstić information content (AvgIpc) is 3.22. The number of aromatic amines is 1. The summed E-state index contributed by atoms with van der Waals surface area (Å²) in [6.07, 6.45) is 14.5. The minimum atomic E-state index is 0.206. The summed E-state index contributed by atoms with van der Waals surface area (Å²) in [4.78, 5) is 22.6. The Morgan fingerprint density at radius 3 is 2.46 bits per heavy atom. The van der Waals surface area contributed by atoms with Crippen LogP contribution in [0.25, 0.3) is 0 Å². The molecule has 2 fully saturated rings. The predicted octanol–water partition coefficient (Wildman–Crippen LogP) is 4.05. The molecule has 1 atom stereocenters. The van der Waals surface area contributed by atoms with Gasteiger partial charge in [0.25, 0.3) is 0 Å². The van der Waals surface area contributed by atoms with Gasteiger partial charge in [-0.05, 0) is 44.4 Å². The van der Waals surface area contributed by atoms with Crippen LogP contribution in [0.3, 0.4) is 0 Å². The molecule has 1 saturated heterocycles. The van der Waals surface area contributed by atoms with Crippen LogP contribution >= 0.6 is 0 Å². The Morgan fingerprint density at radius 1 is 1.19 bits per heavy atom. The third-order valence-electron chi connectivity index (χ3n) is 6.49. The highest BCUT2D eigenvalue weighted by molar-refractivity contribution is 5.78. The molecule has 1 amide bonds. The van der Waals surface area contributed by atoms with Crippen molar-refractivity contribution in [3.8, 4) is 0 Å². The maximum absolute atomic E-state index is 12.6. The van der Waals surface area contributed by atoms with Gasteiger partial charge in [0, 0.05) is 37.4 Å². The van der Waals surface area contributed by atoms with E-state index in [4.69, 9.17) is 0 Å². The number of imidazole rings is 1. The van der Waals surface area contributed by atoms with Gasteiger partial charge in [0.1, 0.15) is 5.82 Å². The number of carbonyl (C=O) groups excluding carboxylic acids is 1. The van der Waals surface area contributed by atoms with Gasteiger partial charge in [0.2, 0.25) is 5.91 Å². The van der Waals surface area contributed by atoms with Crippen LogP contribution in [0.2, 0.25) is 0 Å². The fourth-order valence-corrected chi connectivity index (χ4v) is 4.77. The highest BCUT2D eigenvalue weighted by Crippen LogP contribution is 2.34. The van der Waals surface area contributed by atoms with Gasteiger partial charge in [-0.25, -0.2) is 4.98 Å². The molecule has 1 aliphatic heterocycles. The van der Waals surface area contributed by atoms with Crippen LogP contribution in [0.15, 0.2) is 12.4 Å². The van der Waals surface area contributed by atoms with Crippen molar-refractivity contribution in [3.63, 3.8) is 0 Å². The lowest BCUT2D eigenvalue weighted by Crippen LogP contribution is -2.48. The van der Waals surface area contributed by atoms with Crippen LogP contribution in [-0.2, 0) is 4.79 Å². The fraction of sp³-hybridized carbons (Fsp3) is 0.810. The van der Waals surface area contributed by atoms with Gasteiger partial charge < -0.3 is 15.2 Å². The fourth-order valence-electron chi connectivity index (χ4n) is 4.77. The molecule has 3 rings (SSSR count). The molecule has 1 aromatic rings. The highest BCUT2D eigenvalue weighted by Gasteiger charge is 2.31. The zero-order valence-electron chi connectivity index (χ0n) is 16.5. The normalized spacial score (nSPS) is 21.3. The standard InChI is InChI=1S/C21H36N4O/c1-3-16(4-2)21(26)25-14-10-18(11-15-25)24-19(20-22-12-13-23-20)17-8-6-5-7-9-17/h12-13,16-19,24H,3-11,14-15H2,1-2H3,(H,22,23). The van der Waals surface area contributed by atoms with E-state index in [-0.39, 0.29) is 5.92 Å². The smallest absolute Gasteiger partial charge is 0.225 e. The molecule has 146 valence electrons. The van der Waals surface area contributed by atoms with Crippen LogP contribution in [-0.4, -0.2) is 39.9 Å². The van der Waals surface area contributed by atoms with E-state index in [2.05, 4.69) is 34.0 Å². The summed E-state index contributed by atoms with van der Waals surface area (Å²) in [5.41, 5.74) is 0. The lowest BCUT2D eigenvalue weighted by molar-refractivity contribution is -0.136. The third-order valence-corrected chi connectivity index (χ3v) is 6.49. The number of amides is 1. The van der Waals surface area contributed by atoms with Crippen molar-refractivity contribution in [1.29, 1.82) is 0 Å². The van der Waals surface area contributed by atoms with Gasteiger partial charge in [-0.1, -0.05) is 33.1 Å². The monoisotopic (exact) mass is 360 g/mol. The molecular weight excluding hydrogens is 324 g/mol. The largest absolute Gasteiger partial charge is 0.347 e. The second kappa shape index (κ2) is 9.54. The lowest BCUT2D eigenvalue weighted by atomic mass is 9.83. The zero-order valence-corrected chi connectivity index (χ0v) is 16.5. The molecule has 0 radical (unpaired) electrons. The molecule has 0 aromatic carbocycles. The number of H-pyrrole nitrogens is 1. The van der Waals surface area contributed by atoms with Crippen molar-refractivity contribution in [3.05, 3.63) is 18.2 Å². The molecule has 0 spiro atoms. The van der Waals surface area contributed by atoms with Crippen molar-refractivity contribution in [2.45, 2.75) is 83.7 Å². The van der Waals surface area contributed by atoms with Crippen LogP contribution in [0.1, 0.15) is 83.5 Å². The lowest BCUT2D eigenvalue weighted by Gasteiger charge is -2.38. The van der Waals surface area contributed by atoms with E-state index in [1.165, 1.54) is 32.1 Å². The quantitative estimate of drug-likeness (QED) is 0.771. The number of carbonyl (C=O) groups is 1. The maximum Gasteiger partial charge on any atom is 0.225 e. The van der Waals surface area contributed by atoms with Crippen molar-refractivity contribution < 1.29 is 4.79 Å². The van der Waals surface area contributed by atoms with E-state index in [1.54, 1.807) is 0 Å². The minimum Gasteiger partial charge on any atom is -0.347 e. The third kappa shape index (κ3) is 4.67. The summed E-state index contributed by atoms with van der Waals surface area (Å²) in [6, 6.07) is 0.814. The summed E-state index contributed by atoms with van der Waals surface area (Å²) in [5, 5.41) is 3.91. The van der Waals surface area contributed by atoms with Gasteiger partial charge in [-0.15, -0.1) is 0 Å². The molecule has 2 aliphatic rings. The van der Waals surface area contributed by atoms with Gasteiger partial charge >= 0.3 is 0 Å². The minimum absolute atomic E-state index is 0.206. The number of aromatic nitrogens is 2. The van der Waals surface area contributed by atoms with Gasteiger partial charge in [0.15, 0.2) is 0 Å². The SMILES string of the molecule is CCC(CC)C(=O)N1CCC(NC(c2ncc[nH]2)C2CCCCC2)CC1. The van der Waals surface area contributed by atoms with E-state index in [0.29, 0.717) is 23.9 Å².